The molecule has 4 N–H and O–H groups in total. The summed E-state index contributed by atoms with van der Waals surface area (Å²) in [6, 6.07) is 1.87. The number of nitrogen functional groups attached to an aromatic ring is 1. The molecule has 0 fully saturated rings. The smallest absolute Gasteiger partial charge is 0.152 e. The number of nitrogens with two attached hydrogens (primary N) is 1. The molecule has 0 bridgehead atoms. The fourth-order valence-electron chi connectivity index (χ4n) is 0.987. The lowest BCUT2D eigenvalue weighted by molar-refractivity contribution is 1.17. The lowest BCUT2D eigenvalue weighted by Crippen LogP contribution is -2.08. The van der Waals surface area contributed by atoms with E-state index in [4.69, 9.17) is 5.84 Å². The Hall–Kier alpha value is -1.33. The van der Waals surface area contributed by atoms with Crippen molar-refractivity contribution in [1.82, 2.24) is 15.0 Å². The molecule has 0 aromatic carbocycles. The highest BCUT2D eigenvalue weighted by atomic mass is 35.5. The second kappa shape index (κ2) is 3.38. The summed E-state index contributed by atoms with van der Waals surface area (Å²) in [5.74, 6) is 5.86. The van der Waals surface area contributed by atoms with E-state index in [1.165, 1.54) is 6.33 Å². The van der Waals surface area contributed by atoms with Crippen molar-refractivity contribution < 1.29 is 0 Å². The highest BCUT2D eigenvalue weighted by Gasteiger charge is 2.00. The molecule has 0 atom stereocenters. The first-order valence-electron chi connectivity index (χ1n) is 3.16. The van der Waals surface area contributed by atoms with Gasteiger partial charge in [0.05, 0.1) is 5.39 Å². The highest BCUT2D eigenvalue weighted by Crippen LogP contribution is 2.15. The van der Waals surface area contributed by atoms with Gasteiger partial charge in [0.1, 0.15) is 12.0 Å². The van der Waals surface area contributed by atoms with Crippen molar-refractivity contribution in [2.75, 3.05) is 5.43 Å². The number of hydrazine groups is 1. The predicted molar refractivity (Wildman–Crippen MR) is 48.9 cm³/mol. The van der Waals surface area contributed by atoms with Crippen molar-refractivity contribution in [2.24, 2.45) is 5.84 Å². The summed E-state index contributed by atoms with van der Waals surface area (Å²) >= 11 is 0. The topological polar surface area (TPSA) is 79.6 Å². The Morgan fingerprint density at radius 3 is 3.00 bits per heavy atom. The third kappa shape index (κ3) is 1.19. The molecule has 2 aromatic rings. The van der Waals surface area contributed by atoms with Crippen LogP contribution < -0.4 is 11.3 Å². The summed E-state index contributed by atoms with van der Waals surface area (Å²) in [5, 5.41) is 0.898. The van der Waals surface area contributed by atoms with Gasteiger partial charge >= 0.3 is 0 Å². The second-order valence-corrected chi connectivity index (χ2v) is 2.11. The standard InChI is InChI=1S/C6H7N5.ClH/c7-11-6-4-1-2-8-5(4)9-3-10-6;/h1-3H,7H2,(H2,8,9,10,11);1H. The summed E-state index contributed by atoms with van der Waals surface area (Å²) < 4.78 is 0. The molecule has 0 unspecified atom stereocenters. The van der Waals surface area contributed by atoms with Crippen LogP contribution in [0.2, 0.25) is 0 Å². The first-order chi connectivity index (χ1) is 5.42. The fourth-order valence-corrected chi connectivity index (χ4v) is 0.987. The largest absolute Gasteiger partial charge is 0.346 e. The Bertz CT molecular complexity index is 371. The summed E-state index contributed by atoms with van der Waals surface area (Å²) in [6.45, 7) is 0. The van der Waals surface area contributed by atoms with Gasteiger partial charge in [-0.3, -0.25) is 0 Å². The number of aromatic nitrogens is 3. The van der Waals surface area contributed by atoms with Crippen molar-refractivity contribution in [3.8, 4) is 0 Å². The van der Waals surface area contributed by atoms with E-state index in [9.17, 15) is 0 Å². The van der Waals surface area contributed by atoms with Crippen LogP contribution in [0.4, 0.5) is 5.82 Å². The minimum absolute atomic E-state index is 0. The summed E-state index contributed by atoms with van der Waals surface area (Å²) in [5.41, 5.74) is 3.27. The maximum Gasteiger partial charge on any atom is 0.152 e. The minimum atomic E-state index is 0. The summed E-state index contributed by atoms with van der Waals surface area (Å²) in [7, 11) is 0. The normalized spacial score (nSPS) is 9.42. The van der Waals surface area contributed by atoms with Gasteiger partial charge in [-0.05, 0) is 6.07 Å². The van der Waals surface area contributed by atoms with Gasteiger partial charge in [-0.1, -0.05) is 0 Å². The van der Waals surface area contributed by atoms with E-state index in [0.29, 0.717) is 5.82 Å². The van der Waals surface area contributed by atoms with Crippen LogP contribution in [0.5, 0.6) is 0 Å². The molecule has 5 nitrogen and oxygen atoms in total. The summed E-state index contributed by atoms with van der Waals surface area (Å²) in [4.78, 5) is 10.9. The van der Waals surface area contributed by atoms with Gasteiger partial charge in [-0.15, -0.1) is 12.4 Å². The van der Waals surface area contributed by atoms with E-state index in [1.807, 2.05) is 6.07 Å². The lowest BCUT2D eigenvalue weighted by Gasteiger charge is -1.97. The summed E-state index contributed by atoms with van der Waals surface area (Å²) in [6.07, 6.45) is 3.24. The third-order valence-corrected chi connectivity index (χ3v) is 1.49. The van der Waals surface area contributed by atoms with Crippen molar-refractivity contribution in [3.63, 3.8) is 0 Å². The number of nitrogens with zero attached hydrogens (tertiary/aromatic N) is 2. The Labute approximate surface area is 74.8 Å². The molecule has 0 aliphatic rings. The SMILES string of the molecule is Cl.NNc1ncnc2[nH]ccc12. The number of aromatic amines is 1. The molecular formula is C6H8ClN5. The van der Waals surface area contributed by atoms with Gasteiger partial charge in [-0.2, -0.15) is 0 Å². The molecule has 0 aliphatic heterocycles. The monoisotopic (exact) mass is 185 g/mol. The molecule has 0 saturated heterocycles. The van der Waals surface area contributed by atoms with Gasteiger partial charge in [0.15, 0.2) is 5.82 Å². The number of halogens is 1. The van der Waals surface area contributed by atoms with E-state index in [2.05, 4.69) is 20.4 Å². The van der Waals surface area contributed by atoms with Crippen LogP contribution in [0.25, 0.3) is 11.0 Å². The van der Waals surface area contributed by atoms with Crippen LogP contribution >= 0.6 is 12.4 Å². The number of anilines is 1. The first-order valence-corrected chi connectivity index (χ1v) is 3.16. The number of rotatable bonds is 1. The third-order valence-electron chi connectivity index (χ3n) is 1.49. The lowest BCUT2D eigenvalue weighted by atomic mass is 10.4. The molecule has 0 radical (unpaired) electrons. The highest BCUT2D eigenvalue weighted by molar-refractivity contribution is 5.86. The van der Waals surface area contributed by atoms with Crippen molar-refractivity contribution in [3.05, 3.63) is 18.6 Å². The first kappa shape index (κ1) is 8.76. The molecule has 64 valence electrons. The Morgan fingerprint density at radius 1 is 1.42 bits per heavy atom. The van der Waals surface area contributed by atoms with Crippen molar-refractivity contribution in [1.29, 1.82) is 0 Å². The average Bonchev–Trinajstić information content (AvgIpc) is 2.50. The zero-order valence-corrected chi connectivity index (χ0v) is 6.93. The molecule has 0 saturated carbocycles. The zero-order valence-electron chi connectivity index (χ0n) is 6.11. The van der Waals surface area contributed by atoms with Crippen molar-refractivity contribution >= 4 is 29.3 Å². The van der Waals surface area contributed by atoms with Crippen LogP contribution in [0, 0.1) is 0 Å². The molecule has 2 rings (SSSR count). The van der Waals surface area contributed by atoms with E-state index in [1.54, 1.807) is 6.20 Å². The molecule has 12 heavy (non-hydrogen) atoms. The molecule has 0 amide bonds. The number of fused-ring (bicyclic) bond motifs is 1. The van der Waals surface area contributed by atoms with Gasteiger partial charge in [0, 0.05) is 6.20 Å². The van der Waals surface area contributed by atoms with Gasteiger partial charge in [0.2, 0.25) is 0 Å². The molecule has 0 spiro atoms. The number of hydrogen-bond acceptors (Lipinski definition) is 4. The fraction of sp³-hybridized carbons (Fsp3) is 0. The Balaban J connectivity index is 0.000000720. The van der Waals surface area contributed by atoms with Crippen LogP contribution in [0.1, 0.15) is 0 Å². The zero-order chi connectivity index (χ0) is 7.68. The van der Waals surface area contributed by atoms with Crippen LogP contribution in [-0.2, 0) is 0 Å². The Morgan fingerprint density at radius 2 is 2.25 bits per heavy atom. The maximum absolute atomic E-state index is 5.22. The quantitative estimate of drug-likeness (QED) is 0.451. The number of nitrogens with one attached hydrogen (secondary N) is 2. The van der Waals surface area contributed by atoms with E-state index >= 15 is 0 Å². The Kier molecular flexibility index (Phi) is 2.47. The average molecular weight is 186 g/mol. The molecular weight excluding hydrogens is 178 g/mol. The molecule has 0 aliphatic carbocycles. The van der Waals surface area contributed by atoms with Gasteiger partial charge in [0.25, 0.3) is 0 Å². The van der Waals surface area contributed by atoms with Crippen molar-refractivity contribution in [2.45, 2.75) is 0 Å². The van der Waals surface area contributed by atoms with E-state index in [-0.39, 0.29) is 12.4 Å². The van der Waals surface area contributed by atoms with Crippen LogP contribution in [0.3, 0.4) is 0 Å². The predicted octanol–water partition coefficient (Wildman–Crippen LogP) is 0.665. The van der Waals surface area contributed by atoms with E-state index in [0.717, 1.165) is 11.0 Å². The number of hydrogen-bond donors (Lipinski definition) is 3. The number of H-pyrrole nitrogens is 1. The minimum Gasteiger partial charge on any atom is -0.346 e. The molecule has 2 aromatic heterocycles. The maximum atomic E-state index is 5.22. The second-order valence-electron chi connectivity index (χ2n) is 2.11. The van der Waals surface area contributed by atoms with Gasteiger partial charge in [-0.25, -0.2) is 15.8 Å². The van der Waals surface area contributed by atoms with Gasteiger partial charge < -0.3 is 10.4 Å². The van der Waals surface area contributed by atoms with Crippen LogP contribution in [-0.4, -0.2) is 15.0 Å². The molecule has 6 heteroatoms. The molecule has 2 heterocycles. The van der Waals surface area contributed by atoms with E-state index < -0.39 is 0 Å². The van der Waals surface area contributed by atoms with Crippen LogP contribution in [0.15, 0.2) is 18.6 Å².